The first-order valence-electron chi connectivity index (χ1n) is 5.80. The lowest BCUT2D eigenvalue weighted by Gasteiger charge is -2.06. The highest BCUT2D eigenvalue weighted by Crippen LogP contribution is 2.20. The summed E-state index contributed by atoms with van der Waals surface area (Å²) in [7, 11) is 0. The number of nitrogens with zero attached hydrogens (tertiary/aromatic N) is 1. The van der Waals surface area contributed by atoms with E-state index in [9.17, 15) is 14.9 Å². The lowest BCUT2D eigenvalue weighted by atomic mass is 10.2. The van der Waals surface area contributed by atoms with Gasteiger partial charge >= 0.3 is 0 Å². The first-order valence-corrected chi connectivity index (χ1v) is 7.02. The van der Waals surface area contributed by atoms with Crippen molar-refractivity contribution in [3.05, 3.63) is 64.2 Å². The number of carbonyl (C=O) groups excluding carboxylic acids is 1. The van der Waals surface area contributed by atoms with Crippen LogP contribution in [0.15, 0.2) is 53.4 Å². The zero-order chi connectivity index (χ0) is 14.5. The lowest BCUT2D eigenvalue weighted by molar-refractivity contribution is -0.384. The number of rotatable bonds is 4. The van der Waals surface area contributed by atoms with Gasteiger partial charge < -0.3 is 5.32 Å². The molecule has 0 saturated heterocycles. The van der Waals surface area contributed by atoms with Gasteiger partial charge in [0.1, 0.15) is 0 Å². The van der Waals surface area contributed by atoms with Crippen molar-refractivity contribution in [1.82, 2.24) is 0 Å². The zero-order valence-corrected chi connectivity index (χ0v) is 11.5. The number of nitrogens with one attached hydrogen (secondary N) is 1. The van der Waals surface area contributed by atoms with Crippen LogP contribution in [0, 0.1) is 10.1 Å². The van der Waals surface area contributed by atoms with Crippen molar-refractivity contribution in [2.75, 3.05) is 11.6 Å². The maximum absolute atomic E-state index is 12.0. The summed E-state index contributed by atoms with van der Waals surface area (Å²) in [6, 6.07) is 13.0. The third-order valence-electron chi connectivity index (χ3n) is 2.65. The summed E-state index contributed by atoms with van der Waals surface area (Å²) in [6.45, 7) is 0. The van der Waals surface area contributed by atoms with Gasteiger partial charge in [0.15, 0.2) is 0 Å². The Hall–Kier alpha value is -2.34. The highest BCUT2D eigenvalue weighted by Gasteiger charge is 2.11. The Morgan fingerprint density at radius 3 is 2.65 bits per heavy atom. The summed E-state index contributed by atoms with van der Waals surface area (Å²) in [5, 5.41) is 13.4. The van der Waals surface area contributed by atoms with Gasteiger partial charge in [-0.1, -0.05) is 12.1 Å². The maximum atomic E-state index is 12.0. The molecule has 2 aromatic carbocycles. The number of anilines is 1. The molecule has 0 spiro atoms. The Balaban J connectivity index is 2.19. The van der Waals surface area contributed by atoms with Crippen molar-refractivity contribution in [3.63, 3.8) is 0 Å². The van der Waals surface area contributed by atoms with E-state index >= 15 is 0 Å². The molecule has 1 N–H and O–H groups in total. The molecule has 20 heavy (non-hydrogen) atoms. The van der Waals surface area contributed by atoms with Crippen LogP contribution in [0.25, 0.3) is 0 Å². The monoisotopic (exact) mass is 288 g/mol. The number of carbonyl (C=O) groups is 1. The van der Waals surface area contributed by atoms with Crippen LogP contribution in [0.2, 0.25) is 0 Å². The maximum Gasteiger partial charge on any atom is 0.270 e. The van der Waals surface area contributed by atoms with Gasteiger partial charge in [-0.05, 0) is 30.5 Å². The summed E-state index contributed by atoms with van der Waals surface area (Å²) >= 11 is 1.57. The molecule has 0 fully saturated rings. The normalized spacial score (nSPS) is 10.1. The number of benzene rings is 2. The van der Waals surface area contributed by atoms with Gasteiger partial charge in [-0.2, -0.15) is 0 Å². The fourth-order valence-corrected chi connectivity index (χ4v) is 2.12. The van der Waals surface area contributed by atoms with Crippen molar-refractivity contribution in [3.8, 4) is 0 Å². The van der Waals surface area contributed by atoms with E-state index in [1.807, 2.05) is 24.5 Å². The number of nitro groups is 1. The third kappa shape index (κ3) is 3.36. The fraction of sp³-hybridized carbons (Fsp3) is 0.0714. The molecule has 0 heterocycles. The molecule has 102 valence electrons. The minimum atomic E-state index is -0.523. The highest BCUT2D eigenvalue weighted by atomic mass is 32.2. The van der Waals surface area contributed by atoms with E-state index in [1.54, 1.807) is 23.9 Å². The van der Waals surface area contributed by atoms with E-state index in [1.165, 1.54) is 18.2 Å². The Labute approximate surface area is 120 Å². The first-order chi connectivity index (χ1) is 9.60. The van der Waals surface area contributed by atoms with E-state index in [2.05, 4.69) is 5.32 Å². The molecular weight excluding hydrogens is 276 g/mol. The van der Waals surface area contributed by atoms with Crippen LogP contribution in [0.3, 0.4) is 0 Å². The smallest absolute Gasteiger partial charge is 0.270 e. The molecule has 0 atom stereocenters. The molecule has 2 rings (SSSR count). The van der Waals surface area contributed by atoms with Crippen LogP contribution in [0.1, 0.15) is 10.4 Å². The van der Waals surface area contributed by atoms with Crippen molar-refractivity contribution in [2.24, 2.45) is 0 Å². The average molecular weight is 288 g/mol. The molecule has 0 bridgehead atoms. The van der Waals surface area contributed by atoms with Crippen LogP contribution >= 0.6 is 11.8 Å². The van der Waals surface area contributed by atoms with E-state index in [0.717, 1.165) is 4.90 Å². The molecule has 6 heteroatoms. The fourth-order valence-electron chi connectivity index (χ4n) is 1.66. The van der Waals surface area contributed by atoms with Crippen LogP contribution in [0.5, 0.6) is 0 Å². The van der Waals surface area contributed by atoms with E-state index < -0.39 is 4.92 Å². The van der Waals surface area contributed by atoms with E-state index in [-0.39, 0.29) is 17.2 Å². The molecule has 0 unspecified atom stereocenters. The topological polar surface area (TPSA) is 72.2 Å². The van der Waals surface area contributed by atoms with Crippen molar-refractivity contribution >= 4 is 29.0 Å². The van der Waals surface area contributed by atoms with Gasteiger partial charge in [-0.3, -0.25) is 14.9 Å². The van der Waals surface area contributed by atoms with E-state index in [4.69, 9.17) is 0 Å². The Kier molecular flexibility index (Phi) is 4.37. The summed E-state index contributed by atoms with van der Waals surface area (Å²) < 4.78 is 0. The molecule has 2 aromatic rings. The largest absolute Gasteiger partial charge is 0.322 e. The van der Waals surface area contributed by atoms with E-state index in [0.29, 0.717) is 5.69 Å². The number of nitro benzene ring substituents is 1. The average Bonchev–Trinajstić information content (AvgIpc) is 2.47. The highest BCUT2D eigenvalue weighted by molar-refractivity contribution is 7.98. The zero-order valence-electron chi connectivity index (χ0n) is 10.7. The molecule has 0 radical (unpaired) electrons. The molecule has 1 amide bonds. The minimum absolute atomic E-state index is 0.101. The quantitative estimate of drug-likeness (QED) is 0.530. The van der Waals surface area contributed by atoms with Crippen LogP contribution in [-0.2, 0) is 0 Å². The molecule has 0 saturated carbocycles. The standard InChI is InChI=1S/C14H12N2O3S/c1-20-13-7-3-5-11(9-13)15-14(17)10-4-2-6-12(8-10)16(18)19/h2-9H,1H3,(H,15,17). The van der Waals surface area contributed by atoms with Crippen LogP contribution < -0.4 is 5.32 Å². The van der Waals surface area contributed by atoms with Gasteiger partial charge in [0, 0.05) is 28.3 Å². The van der Waals surface area contributed by atoms with Crippen LogP contribution in [-0.4, -0.2) is 17.1 Å². The molecule has 0 aliphatic heterocycles. The van der Waals surface area contributed by atoms with Gasteiger partial charge in [0.25, 0.3) is 11.6 Å². The minimum Gasteiger partial charge on any atom is -0.322 e. The van der Waals surface area contributed by atoms with Gasteiger partial charge in [0.2, 0.25) is 0 Å². The second kappa shape index (κ2) is 6.21. The molecule has 5 nitrogen and oxygen atoms in total. The Morgan fingerprint density at radius 2 is 1.95 bits per heavy atom. The summed E-state index contributed by atoms with van der Waals surface area (Å²) in [6.07, 6.45) is 1.95. The summed E-state index contributed by atoms with van der Waals surface area (Å²) in [4.78, 5) is 23.2. The van der Waals surface area contributed by atoms with Crippen molar-refractivity contribution in [1.29, 1.82) is 0 Å². The first kappa shape index (κ1) is 14.1. The molecule has 0 aliphatic rings. The molecular formula is C14H12N2O3S. The summed E-state index contributed by atoms with van der Waals surface area (Å²) in [5.74, 6) is -0.369. The summed E-state index contributed by atoms with van der Waals surface area (Å²) in [5.41, 5.74) is 0.817. The predicted octanol–water partition coefficient (Wildman–Crippen LogP) is 3.57. The second-order valence-electron chi connectivity index (χ2n) is 3.99. The number of non-ortho nitro benzene ring substituents is 1. The lowest BCUT2D eigenvalue weighted by Crippen LogP contribution is -2.12. The second-order valence-corrected chi connectivity index (χ2v) is 4.87. The number of hydrogen-bond acceptors (Lipinski definition) is 4. The predicted molar refractivity (Wildman–Crippen MR) is 79.3 cm³/mol. The number of thioether (sulfide) groups is 1. The molecule has 0 aliphatic carbocycles. The van der Waals surface area contributed by atoms with Crippen molar-refractivity contribution < 1.29 is 9.72 Å². The number of hydrogen-bond donors (Lipinski definition) is 1. The number of amides is 1. The Morgan fingerprint density at radius 1 is 1.20 bits per heavy atom. The van der Waals surface area contributed by atoms with Gasteiger partial charge in [-0.25, -0.2) is 0 Å². The third-order valence-corrected chi connectivity index (χ3v) is 3.37. The van der Waals surface area contributed by atoms with Crippen molar-refractivity contribution in [2.45, 2.75) is 4.90 Å². The van der Waals surface area contributed by atoms with Gasteiger partial charge in [0.05, 0.1) is 4.92 Å². The SMILES string of the molecule is CSc1cccc(NC(=O)c2cccc([N+](=O)[O-])c2)c1. The molecule has 0 aromatic heterocycles. The van der Waals surface area contributed by atoms with Gasteiger partial charge in [-0.15, -0.1) is 11.8 Å². The Bertz CT molecular complexity index is 658. The van der Waals surface area contributed by atoms with Crippen LogP contribution in [0.4, 0.5) is 11.4 Å².